The van der Waals surface area contributed by atoms with Gasteiger partial charge in [0.2, 0.25) is 0 Å². The molecule has 0 amide bonds. The van der Waals surface area contributed by atoms with E-state index in [0.29, 0.717) is 0 Å². The van der Waals surface area contributed by atoms with Gasteiger partial charge in [-0.25, -0.2) is 4.98 Å². The molecule has 3 nitrogen and oxygen atoms in total. The molecule has 2 aromatic carbocycles. The summed E-state index contributed by atoms with van der Waals surface area (Å²) in [6.45, 7) is 8.11. The average molecular weight is 468 g/mol. The van der Waals surface area contributed by atoms with Crippen molar-refractivity contribution in [3.63, 3.8) is 0 Å². The molecule has 0 N–H and O–H groups in total. The number of hydrogen-bond donors (Lipinski definition) is 0. The number of aromatic nitrogens is 1. The summed E-state index contributed by atoms with van der Waals surface area (Å²) in [7, 11) is 9.53. The van der Waals surface area contributed by atoms with Gasteiger partial charge in [-0.05, 0) is 63.1 Å². The quantitative estimate of drug-likeness (QED) is 0.291. The molecular weight excluding hydrogens is 445 g/mol. The molecular formula is C23H23Cl2FeN3. The van der Waals surface area contributed by atoms with Crippen molar-refractivity contribution in [2.24, 2.45) is 9.98 Å². The van der Waals surface area contributed by atoms with E-state index in [2.05, 4.69) is 26.0 Å². The molecule has 0 spiro atoms. The predicted molar refractivity (Wildman–Crippen MR) is 122 cm³/mol. The molecule has 0 bridgehead atoms. The molecule has 0 aliphatic carbocycles. The second-order valence-electron chi connectivity index (χ2n) is 6.43. The number of halogens is 2. The molecule has 3 rings (SSSR count). The summed E-state index contributed by atoms with van der Waals surface area (Å²) in [4.78, 5) is 14.2. The summed E-state index contributed by atoms with van der Waals surface area (Å²) in [6.07, 6.45) is 0. The number of hydrogen-bond acceptors (Lipinski definition) is 3. The molecule has 1 heterocycles. The Morgan fingerprint density at radius 1 is 0.690 bits per heavy atom. The molecule has 3 aromatic rings. The summed E-state index contributed by atoms with van der Waals surface area (Å²) in [6, 6.07) is 22.2. The van der Waals surface area contributed by atoms with Gasteiger partial charge in [0, 0.05) is 0 Å². The monoisotopic (exact) mass is 467 g/mol. The molecule has 29 heavy (non-hydrogen) atoms. The first-order valence-corrected chi connectivity index (χ1v) is 12.0. The van der Waals surface area contributed by atoms with Gasteiger partial charge in [-0.3, -0.25) is 9.98 Å². The van der Waals surface area contributed by atoms with Gasteiger partial charge in [0.05, 0.1) is 34.2 Å². The number of nitrogens with zero attached hydrogens (tertiary/aromatic N) is 3. The van der Waals surface area contributed by atoms with Crippen LogP contribution < -0.4 is 0 Å². The molecule has 0 atom stereocenters. The van der Waals surface area contributed by atoms with Crippen LogP contribution in [0.25, 0.3) is 0 Å². The van der Waals surface area contributed by atoms with E-state index in [1.807, 2.05) is 68.4 Å². The Morgan fingerprint density at radius 2 is 1.07 bits per heavy atom. The van der Waals surface area contributed by atoms with Crippen molar-refractivity contribution in [2.75, 3.05) is 0 Å². The first-order valence-electron chi connectivity index (χ1n) is 9.01. The molecule has 152 valence electrons. The summed E-state index contributed by atoms with van der Waals surface area (Å²) < 4.78 is 0. The van der Waals surface area contributed by atoms with Crippen LogP contribution in [0.15, 0.2) is 76.7 Å². The second kappa shape index (κ2) is 11.9. The minimum absolute atomic E-state index is 0.194. The minimum atomic E-state index is 0.194. The van der Waals surface area contributed by atoms with Gasteiger partial charge in [-0.15, -0.1) is 0 Å². The second-order valence-corrected chi connectivity index (χ2v) is 8.25. The zero-order valence-electron chi connectivity index (χ0n) is 16.8. The third-order valence-corrected chi connectivity index (χ3v) is 4.30. The summed E-state index contributed by atoms with van der Waals surface area (Å²) in [5.74, 6) is 0. The van der Waals surface area contributed by atoms with Crippen molar-refractivity contribution in [1.82, 2.24) is 4.98 Å². The van der Waals surface area contributed by atoms with Gasteiger partial charge in [0.15, 0.2) is 0 Å². The van der Waals surface area contributed by atoms with Crippen molar-refractivity contribution in [3.8, 4) is 0 Å². The molecule has 0 saturated heterocycles. The molecule has 1 aromatic heterocycles. The number of pyridine rings is 1. The zero-order valence-corrected chi connectivity index (χ0v) is 19.4. The summed E-state index contributed by atoms with van der Waals surface area (Å²) >= 11 is 0.194. The molecule has 0 radical (unpaired) electrons. The number of rotatable bonds is 4. The Morgan fingerprint density at radius 3 is 1.45 bits per heavy atom. The molecule has 0 aliphatic rings. The van der Waals surface area contributed by atoms with Crippen molar-refractivity contribution in [3.05, 3.63) is 89.2 Å². The Kier molecular flexibility index (Phi) is 9.56. The molecule has 0 fully saturated rings. The van der Waals surface area contributed by atoms with Gasteiger partial charge < -0.3 is 0 Å². The van der Waals surface area contributed by atoms with E-state index in [0.717, 1.165) is 45.3 Å². The topological polar surface area (TPSA) is 37.6 Å². The number of benzene rings is 2. The van der Waals surface area contributed by atoms with E-state index >= 15 is 0 Å². The molecule has 0 aliphatic heterocycles. The van der Waals surface area contributed by atoms with Crippen molar-refractivity contribution < 1.29 is 13.1 Å². The van der Waals surface area contributed by atoms with E-state index in [1.54, 1.807) is 0 Å². The zero-order chi connectivity index (χ0) is 21.2. The molecule has 0 unspecified atom stereocenters. The van der Waals surface area contributed by atoms with E-state index in [9.17, 15) is 0 Å². The van der Waals surface area contributed by atoms with Crippen LogP contribution in [0, 0.1) is 13.8 Å². The Hall–Kier alpha value is -1.97. The van der Waals surface area contributed by atoms with Crippen molar-refractivity contribution in [2.45, 2.75) is 27.7 Å². The van der Waals surface area contributed by atoms with Crippen molar-refractivity contribution in [1.29, 1.82) is 0 Å². The fourth-order valence-electron chi connectivity index (χ4n) is 2.69. The fraction of sp³-hybridized carbons (Fsp3) is 0.174. The predicted octanol–water partition coefficient (Wildman–Crippen LogP) is 7.36. The van der Waals surface area contributed by atoms with E-state index in [-0.39, 0.29) is 13.1 Å². The third kappa shape index (κ3) is 7.09. The van der Waals surface area contributed by atoms with Crippen LogP contribution in [0.1, 0.15) is 36.4 Å². The van der Waals surface area contributed by atoms with Crippen LogP contribution in [-0.2, 0) is 13.1 Å². The average Bonchev–Trinajstić information content (AvgIpc) is 2.72. The summed E-state index contributed by atoms with van der Waals surface area (Å²) in [5, 5.41) is 0. The van der Waals surface area contributed by atoms with E-state index < -0.39 is 0 Å². The molecule has 6 heteroatoms. The number of aliphatic imine (C=N–C) groups is 2. The Bertz CT molecular complexity index is 940. The van der Waals surface area contributed by atoms with E-state index in [4.69, 9.17) is 35.2 Å². The van der Waals surface area contributed by atoms with Gasteiger partial charge in [0.25, 0.3) is 0 Å². The van der Waals surface area contributed by atoms with Crippen LogP contribution in [0.3, 0.4) is 0 Å². The molecule has 0 saturated carbocycles. The van der Waals surface area contributed by atoms with Crippen LogP contribution in [0.2, 0.25) is 0 Å². The first kappa shape index (κ1) is 23.3. The van der Waals surface area contributed by atoms with Gasteiger partial charge in [-0.1, -0.05) is 42.5 Å². The maximum atomic E-state index is 4.76. The van der Waals surface area contributed by atoms with E-state index in [1.165, 1.54) is 0 Å². The number of para-hydroxylation sites is 2. The fourth-order valence-corrected chi connectivity index (χ4v) is 2.69. The van der Waals surface area contributed by atoms with Gasteiger partial charge in [0.1, 0.15) is 0 Å². The van der Waals surface area contributed by atoms with Crippen LogP contribution >= 0.6 is 20.2 Å². The Labute approximate surface area is 187 Å². The standard InChI is InChI=1S/C23H23N3.2ClH.Fe/c1-16-10-5-7-12-20(16)24-18(3)22-14-9-15-23(26-22)19(4)25-21-13-8-6-11-17(21)2;;;/h5-15H,1-4H3;2*1H;/q;;;+2/p-2. The van der Waals surface area contributed by atoms with Crippen LogP contribution in [0.5, 0.6) is 0 Å². The number of aryl methyl sites for hydroxylation is 2. The van der Waals surface area contributed by atoms with Crippen molar-refractivity contribution >= 4 is 43.0 Å². The normalized spacial score (nSPS) is 11.8. The van der Waals surface area contributed by atoms with Gasteiger partial charge in [-0.2, -0.15) is 0 Å². The first-order chi connectivity index (χ1) is 14.0. The third-order valence-electron chi connectivity index (χ3n) is 4.30. The van der Waals surface area contributed by atoms with Crippen LogP contribution in [0.4, 0.5) is 11.4 Å². The Balaban J connectivity index is 0.000000941. The maximum absolute atomic E-state index is 4.76. The summed E-state index contributed by atoms with van der Waals surface area (Å²) in [5.41, 5.74) is 7.77. The van der Waals surface area contributed by atoms with Crippen LogP contribution in [-0.4, -0.2) is 16.4 Å². The SMILES string of the molecule is CC(=Nc1ccccc1C)c1cccc(C(C)=Nc2ccccc2C)n1.[Cl][Fe][Cl]. The van der Waals surface area contributed by atoms with Gasteiger partial charge >= 0.3 is 33.3 Å².